The number of hydrogen-bond acceptors (Lipinski definition) is 8. The Labute approximate surface area is 181 Å². The van der Waals surface area contributed by atoms with E-state index in [9.17, 15) is 32.6 Å². The molecule has 1 amide bonds. The van der Waals surface area contributed by atoms with Gasteiger partial charge in [-0.1, -0.05) is 12.1 Å². The van der Waals surface area contributed by atoms with Crippen molar-refractivity contribution in [1.82, 2.24) is 5.32 Å². The highest BCUT2D eigenvalue weighted by atomic mass is 19.4. The Balaban J connectivity index is 1.72. The number of nitrogens with one attached hydrogen (secondary N) is 1. The summed E-state index contributed by atoms with van der Waals surface area (Å²) in [6, 6.07) is 4.38. The highest BCUT2D eigenvalue weighted by molar-refractivity contribution is 6.47. The number of alkyl halides is 3. The molecule has 13 heteroatoms. The van der Waals surface area contributed by atoms with Gasteiger partial charge in [0, 0.05) is 27.2 Å². The van der Waals surface area contributed by atoms with Gasteiger partial charge < -0.3 is 24.5 Å². The van der Waals surface area contributed by atoms with Crippen molar-refractivity contribution < 1.29 is 51.4 Å². The van der Waals surface area contributed by atoms with E-state index in [0.29, 0.717) is 5.56 Å². The summed E-state index contributed by atoms with van der Waals surface area (Å²) in [6.07, 6.45) is -6.59. The Hall–Kier alpha value is -2.80. The van der Waals surface area contributed by atoms with Crippen molar-refractivity contribution in [3.63, 3.8) is 0 Å². The Morgan fingerprint density at radius 1 is 1.31 bits per heavy atom. The van der Waals surface area contributed by atoms with E-state index < -0.39 is 61.5 Å². The summed E-state index contributed by atoms with van der Waals surface area (Å²) < 4.78 is 57.8. The highest BCUT2D eigenvalue weighted by Crippen LogP contribution is 2.36. The molecule has 1 aromatic carbocycles. The molecule has 174 valence electrons. The summed E-state index contributed by atoms with van der Waals surface area (Å²) in [5, 5.41) is 12.5. The molecule has 1 unspecified atom stereocenters. The molecule has 0 spiro atoms. The van der Waals surface area contributed by atoms with Crippen LogP contribution in [0.5, 0.6) is 5.75 Å². The summed E-state index contributed by atoms with van der Waals surface area (Å²) in [4.78, 5) is 36.6. The third-order valence-corrected chi connectivity index (χ3v) is 4.76. The van der Waals surface area contributed by atoms with Crippen LogP contribution >= 0.6 is 0 Å². The molecule has 2 heterocycles. The van der Waals surface area contributed by atoms with Crippen molar-refractivity contribution in [3.05, 3.63) is 29.3 Å². The second kappa shape index (κ2) is 8.28. The molecule has 2 aliphatic rings. The van der Waals surface area contributed by atoms with Crippen LogP contribution in [0.3, 0.4) is 0 Å². The van der Waals surface area contributed by atoms with E-state index in [1.54, 1.807) is 6.07 Å². The average Bonchev–Trinajstić information content (AvgIpc) is 2.86. The fourth-order valence-corrected chi connectivity index (χ4v) is 3.38. The van der Waals surface area contributed by atoms with E-state index in [2.05, 4.69) is 5.32 Å². The number of halogens is 3. The van der Waals surface area contributed by atoms with Crippen LogP contribution in [0.25, 0.3) is 0 Å². The summed E-state index contributed by atoms with van der Waals surface area (Å²) in [7, 11) is -1.63. The minimum atomic E-state index is -4.48. The summed E-state index contributed by atoms with van der Waals surface area (Å²) in [5.41, 5.74) is 0.275. The largest absolute Gasteiger partial charge is 0.547 e. The zero-order valence-corrected chi connectivity index (χ0v) is 17.4. The standard InChI is InChI=1S/C19H21BF3NO8/c1-17(2)30-16(27)18(3,32-17)29-15(26)11-6-4-5-10-9-12(20(28)31-14(10)11)24-13(25)7-8-19(21,22)23/h4-6,12,28H,7-9H2,1-3H3,(H,24,25)/t12-,18?/m0/s1. The monoisotopic (exact) mass is 459 g/mol. The van der Waals surface area contributed by atoms with Crippen molar-refractivity contribution in [2.45, 2.75) is 63.7 Å². The average molecular weight is 459 g/mol. The molecule has 2 aliphatic heterocycles. The third-order valence-electron chi connectivity index (χ3n) is 4.76. The molecule has 2 atom stereocenters. The van der Waals surface area contributed by atoms with Crippen LogP contribution < -0.4 is 9.97 Å². The second-order valence-corrected chi connectivity index (χ2v) is 8.02. The molecular formula is C19H21BF3NO8. The van der Waals surface area contributed by atoms with Crippen LogP contribution in [0.1, 0.15) is 49.5 Å². The maximum atomic E-state index is 12.7. The molecule has 1 aromatic rings. The molecule has 0 saturated carbocycles. The molecule has 3 rings (SSSR count). The zero-order valence-electron chi connectivity index (χ0n) is 17.4. The lowest BCUT2D eigenvalue weighted by molar-refractivity contribution is -0.221. The summed E-state index contributed by atoms with van der Waals surface area (Å²) in [6.45, 7) is 4.16. The molecule has 1 fully saturated rings. The molecule has 0 aliphatic carbocycles. The van der Waals surface area contributed by atoms with Crippen LogP contribution in [0, 0.1) is 0 Å². The number of carbonyl (C=O) groups is 3. The normalized spacial score (nSPS) is 24.3. The minimum absolute atomic E-state index is 0.0157. The molecule has 0 aromatic heterocycles. The lowest BCUT2D eigenvalue weighted by atomic mass is 9.72. The summed E-state index contributed by atoms with van der Waals surface area (Å²) in [5.74, 6) is -7.15. The Kier molecular flexibility index (Phi) is 6.18. The smallest absolute Gasteiger partial charge is 0.534 e. The fourth-order valence-electron chi connectivity index (χ4n) is 3.38. The van der Waals surface area contributed by atoms with Gasteiger partial charge in [0.15, 0.2) is 0 Å². The van der Waals surface area contributed by atoms with Crippen molar-refractivity contribution >= 4 is 25.0 Å². The Bertz CT molecular complexity index is 938. The highest BCUT2D eigenvalue weighted by Gasteiger charge is 2.54. The van der Waals surface area contributed by atoms with E-state index >= 15 is 0 Å². The van der Waals surface area contributed by atoms with Gasteiger partial charge in [0.2, 0.25) is 11.7 Å². The van der Waals surface area contributed by atoms with Crippen LogP contribution in [0.15, 0.2) is 18.2 Å². The number of ether oxygens (including phenoxy) is 3. The SMILES string of the molecule is CC1(C)OC(=O)C(C)(OC(=O)c2cccc3c2OB(O)[C@@H](NC(=O)CCC(F)(F)F)C3)O1. The van der Waals surface area contributed by atoms with Crippen LogP contribution in [-0.4, -0.2) is 53.7 Å². The van der Waals surface area contributed by atoms with Crippen molar-refractivity contribution in [1.29, 1.82) is 0 Å². The second-order valence-electron chi connectivity index (χ2n) is 8.02. The lowest BCUT2D eigenvalue weighted by Crippen LogP contribution is -2.53. The maximum absolute atomic E-state index is 12.7. The van der Waals surface area contributed by atoms with E-state index in [0.717, 1.165) is 0 Å². The van der Waals surface area contributed by atoms with Crippen molar-refractivity contribution in [3.8, 4) is 5.75 Å². The van der Waals surface area contributed by atoms with E-state index in [1.807, 2.05) is 0 Å². The number of hydrogen-bond donors (Lipinski definition) is 2. The number of esters is 2. The first-order valence-corrected chi connectivity index (χ1v) is 9.69. The van der Waals surface area contributed by atoms with Gasteiger partial charge >= 0.3 is 31.0 Å². The number of amides is 1. The Morgan fingerprint density at radius 3 is 2.59 bits per heavy atom. The van der Waals surface area contributed by atoms with Gasteiger partial charge in [-0.15, -0.1) is 0 Å². The first-order chi connectivity index (χ1) is 14.7. The van der Waals surface area contributed by atoms with Gasteiger partial charge in [-0.25, -0.2) is 9.59 Å². The molecular weight excluding hydrogens is 438 g/mol. The molecule has 1 saturated heterocycles. The first kappa shape index (κ1) is 23.9. The van der Waals surface area contributed by atoms with E-state index in [4.69, 9.17) is 18.9 Å². The number of rotatable bonds is 5. The minimum Gasteiger partial charge on any atom is -0.534 e. The van der Waals surface area contributed by atoms with Crippen molar-refractivity contribution in [2.24, 2.45) is 0 Å². The maximum Gasteiger partial charge on any atom is 0.547 e. The lowest BCUT2D eigenvalue weighted by Gasteiger charge is -2.29. The van der Waals surface area contributed by atoms with Gasteiger partial charge in [-0.3, -0.25) is 9.53 Å². The summed E-state index contributed by atoms with van der Waals surface area (Å²) >= 11 is 0. The van der Waals surface area contributed by atoms with Crippen LogP contribution in [0.2, 0.25) is 0 Å². The fraction of sp³-hybridized carbons (Fsp3) is 0.526. The molecule has 32 heavy (non-hydrogen) atoms. The number of benzene rings is 1. The van der Waals surface area contributed by atoms with E-state index in [1.165, 1.54) is 32.9 Å². The van der Waals surface area contributed by atoms with Gasteiger partial charge in [-0.05, 0) is 18.1 Å². The van der Waals surface area contributed by atoms with E-state index in [-0.39, 0.29) is 17.7 Å². The number of para-hydroxylation sites is 1. The van der Waals surface area contributed by atoms with Gasteiger partial charge in [0.25, 0.3) is 0 Å². The molecule has 0 bridgehead atoms. The van der Waals surface area contributed by atoms with Gasteiger partial charge in [0.05, 0.1) is 12.4 Å². The van der Waals surface area contributed by atoms with Crippen LogP contribution in [-0.2, 0) is 30.2 Å². The van der Waals surface area contributed by atoms with Gasteiger partial charge in [-0.2, -0.15) is 13.2 Å². The number of cyclic esters (lactones) is 1. The third kappa shape index (κ3) is 5.33. The Morgan fingerprint density at radius 2 is 2.00 bits per heavy atom. The molecule has 9 nitrogen and oxygen atoms in total. The molecule has 0 radical (unpaired) electrons. The zero-order chi connectivity index (χ0) is 23.9. The predicted molar refractivity (Wildman–Crippen MR) is 101 cm³/mol. The predicted octanol–water partition coefficient (Wildman–Crippen LogP) is 1.65. The molecule has 2 N–H and O–H groups in total. The first-order valence-electron chi connectivity index (χ1n) is 9.69. The van der Waals surface area contributed by atoms with Crippen LogP contribution in [0.4, 0.5) is 13.2 Å². The van der Waals surface area contributed by atoms with Gasteiger partial charge in [0.1, 0.15) is 11.3 Å². The number of carbonyl (C=O) groups excluding carboxylic acids is 3. The van der Waals surface area contributed by atoms with Crippen molar-refractivity contribution in [2.75, 3.05) is 0 Å². The topological polar surface area (TPSA) is 120 Å². The number of fused-ring (bicyclic) bond motifs is 1. The quantitative estimate of drug-likeness (QED) is 0.504.